The summed E-state index contributed by atoms with van der Waals surface area (Å²) >= 11 is 0. The van der Waals surface area contributed by atoms with Gasteiger partial charge in [0.15, 0.2) is 0 Å². The molecule has 1 heterocycles. The highest BCUT2D eigenvalue weighted by Crippen LogP contribution is 2.19. The first-order valence-electron chi connectivity index (χ1n) is 7.90. The molecule has 0 bridgehead atoms. The van der Waals surface area contributed by atoms with Crippen molar-refractivity contribution < 1.29 is 4.79 Å². The van der Waals surface area contributed by atoms with Gasteiger partial charge in [0.05, 0.1) is 5.69 Å². The van der Waals surface area contributed by atoms with Crippen LogP contribution in [0.1, 0.15) is 33.3 Å². The Kier molecular flexibility index (Phi) is 5.68. The largest absolute Gasteiger partial charge is 0.354 e. The predicted octanol–water partition coefficient (Wildman–Crippen LogP) is 3.03. The number of benzene rings is 1. The van der Waals surface area contributed by atoms with Gasteiger partial charge in [0.25, 0.3) is 0 Å². The number of nitrogens with zero attached hydrogens (tertiary/aromatic N) is 2. The Hall–Kier alpha value is -2.43. The summed E-state index contributed by atoms with van der Waals surface area (Å²) in [4.78, 5) is 19.8. The van der Waals surface area contributed by atoms with E-state index in [4.69, 9.17) is 0 Å². The molecule has 0 aliphatic carbocycles. The Bertz CT molecular complexity index is 652. The van der Waals surface area contributed by atoms with E-state index in [0.717, 1.165) is 17.7 Å². The van der Waals surface area contributed by atoms with Crippen molar-refractivity contribution in [1.29, 1.82) is 0 Å². The van der Waals surface area contributed by atoms with Crippen molar-refractivity contribution in [3.63, 3.8) is 0 Å². The topological polar surface area (TPSA) is 66.9 Å². The lowest BCUT2D eigenvalue weighted by Crippen LogP contribution is -2.31. The van der Waals surface area contributed by atoms with Crippen LogP contribution in [0.15, 0.2) is 36.5 Å². The fourth-order valence-corrected chi connectivity index (χ4v) is 2.41. The van der Waals surface area contributed by atoms with Crippen molar-refractivity contribution in [1.82, 2.24) is 15.3 Å². The van der Waals surface area contributed by atoms with Crippen LogP contribution in [-0.2, 0) is 11.2 Å². The second kappa shape index (κ2) is 7.72. The molecular formula is C18H24N4O. The van der Waals surface area contributed by atoms with Gasteiger partial charge in [0.1, 0.15) is 0 Å². The van der Waals surface area contributed by atoms with Crippen molar-refractivity contribution in [2.45, 2.75) is 46.2 Å². The molecule has 0 spiro atoms. The highest BCUT2D eigenvalue weighted by molar-refractivity contribution is 5.73. The van der Waals surface area contributed by atoms with E-state index < -0.39 is 0 Å². The molecule has 2 N–H and O–H groups in total. The van der Waals surface area contributed by atoms with Gasteiger partial charge in [-0.2, -0.15) is 0 Å². The molecule has 1 amide bonds. The fourth-order valence-electron chi connectivity index (χ4n) is 2.41. The van der Waals surface area contributed by atoms with Gasteiger partial charge in [-0.1, -0.05) is 24.3 Å². The minimum atomic E-state index is 0.000266. The molecule has 5 heteroatoms. The molecule has 1 aromatic heterocycles. The van der Waals surface area contributed by atoms with Crippen LogP contribution in [0.5, 0.6) is 0 Å². The van der Waals surface area contributed by atoms with Gasteiger partial charge < -0.3 is 10.6 Å². The molecule has 0 saturated carbocycles. The number of hydrogen-bond acceptors (Lipinski definition) is 4. The monoisotopic (exact) mass is 312 g/mol. The maximum atomic E-state index is 11.1. The first kappa shape index (κ1) is 16.9. The number of hydrogen-bond donors (Lipinski definition) is 2. The molecule has 122 valence electrons. The van der Waals surface area contributed by atoms with E-state index in [-0.39, 0.29) is 11.9 Å². The van der Waals surface area contributed by atoms with Gasteiger partial charge in [0.2, 0.25) is 11.9 Å². The maximum Gasteiger partial charge on any atom is 0.223 e. The third kappa shape index (κ3) is 5.36. The summed E-state index contributed by atoms with van der Waals surface area (Å²) in [5.41, 5.74) is 3.13. The molecule has 2 aromatic rings. The zero-order chi connectivity index (χ0) is 16.8. The number of amides is 1. The normalized spacial score (nSPS) is 12.0. The summed E-state index contributed by atoms with van der Waals surface area (Å²) in [6.07, 6.45) is 2.57. The molecule has 1 atom stereocenters. The van der Waals surface area contributed by atoms with Crippen LogP contribution in [0.3, 0.4) is 0 Å². The zero-order valence-electron chi connectivity index (χ0n) is 14.1. The highest BCUT2D eigenvalue weighted by Gasteiger charge is 2.06. The molecule has 1 unspecified atom stereocenters. The second-order valence-corrected chi connectivity index (χ2v) is 6.07. The van der Waals surface area contributed by atoms with Crippen LogP contribution < -0.4 is 10.6 Å². The van der Waals surface area contributed by atoms with Crippen molar-refractivity contribution in [2.24, 2.45) is 0 Å². The van der Waals surface area contributed by atoms with Crippen LogP contribution in [0, 0.1) is 0 Å². The first-order chi connectivity index (χ1) is 10.9. The Morgan fingerprint density at radius 3 is 2.43 bits per heavy atom. The van der Waals surface area contributed by atoms with Crippen molar-refractivity contribution in [3.8, 4) is 11.3 Å². The molecule has 2 rings (SSSR count). The van der Waals surface area contributed by atoms with Gasteiger partial charge in [-0.05, 0) is 38.8 Å². The van der Waals surface area contributed by atoms with E-state index >= 15 is 0 Å². The van der Waals surface area contributed by atoms with Crippen LogP contribution >= 0.6 is 0 Å². The number of anilines is 1. The molecule has 0 aliphatic rings. The van der Waals surface area contributed by atoms with Crippen molar-refractivity contribution in [3.05, 3.63) is 42.1 Å². The molecule has 1 aromatic carbocycles. The first-order valence-corrected chi connectivity index (χ1v) is 7.90. The van der Waals surface area contributed by atoms with Gasteiger partial charge in [-0.3, -0.25) is 4.79 Å². The second-order valence-electron chi connectivity index (χ2n) is 6.07. The van der Waals surface area contributed by atoms with E-state index in [1.807, 2.05) is 13.0 Å². The minimum Gasteiger partial charge on any atom is -0.354 e. The molecule has 23 heavy (non-hydrogen) atoms. The lowest BCUT2D eigenvalue weighted by Gasteiger charge is -2.13. The number of carbonyl (C=O) groups excluding carboxylic acids is 1. The van der Waals surface area contributed by atoms with E-state index in [0.29, 0.717) is 12.0 Å². The molecule has 0 radical (unpaired) electrons. The van der Waals surface area contributed by atoms with Gasteiger partial charge in [-0.25, -0.2) is 9.97 Å². The zero-order valence-corrected chi connectivity index (χ0v) is 14.1. The summed E-state index contributed by atoms with van der Waals surface area (Å²) in [7, 11) is 0. The summed E-state index contributed by atoms with van der Waals surface area (Å²) < 4.78 is 0. The lowest BCUT2D eigenvalue weighted by atomic mass is 10.0. The van der Waals surface area contributed by atoms with Crippen LogP contribution in [0.25, 0.3) is 11.3 Å². The molecule has 0 aliphatic heterocycles. The third-order valence-corrected chi connectivity index (χ3v) is 3.31. The van der Waals surface area contributed by atoms with Crippen LogP contribution in [0.2, 0.25) is 0 Å². The molecule has 0 saturated heterocycles. The van der Waals surface area contributed by atoms with E-state index in [2.05, 4.69) is 58.7 Å². The quantitative estimate of drug-likeness (QED) is 0.860. The van der Waals surface area contributed by atoms with E-state index in [9.17, 15) is 4.79 Å². The summed E-state index contributed by atoms with van der Waals surface area (Å²) in [6.45, 7) is 7.66. The van der Waals surface area contributed by atoms with Gasteiger partial charge in [-0.15, -0.1) is 0 Å². The number of aromatic nitrogens is 2. The Balaban J connectivity index is 2.08. The maximum absolute atomic E-state index is 11.1. The number of carbonyl (C=O) groups is 1. The van der Waals surface area contributed by atoms with Gasteiger partial charge >= 0.3 is 0 Å². The molecule has 5 nitrogen and oxygen atoms in total. The van der Waals surface area contributed by atoms with Crippen LogP contribution in [0.4, 0.5) is 5.95 Å². The van der Waals surface area contributed by atoms with E-state index in [1.54, 1.807) is 6.20 Å². The van der Waals surface area contributed by atoms with Gasteiger partial charge in [0, 0.05) is 30.8 Å². The van der Waals surface area contributed by atoms with E-state index in [1.165, 1.54) is 12.5 Å². The third-order valence-electron chi connectivity index (χ3n) is 3.31. The summed E-state index contributed by atoms with van der Waals surface area (Å²) in [5.74, 6) is 0.640. The number of rotatable bonds is 6. The Morgan fingerprint density at radius 2 is 1.83 bits per heavy atom. The van der Waals surface area contributed by atoms with Crippen LogP contribution in [-0.4, -0.2) is 28.0 Å². The highest BCUT2D eigenvalue weighted by atomic mass is 16.1. The lowest BCUT2D eigenvalue weighted by molar-refractivity contribution is -0.119. The minimum absolute atomic E-state index is 0.000266. The fraction of sp³-hybridized carbons (Fsp3) is 0.389. The Labute approximate surface area is 137 Å². The predicted molar refractivity (Wildman–Crippen MR) is 93.2 cm³/mol. The van der Waals surface area contributed by atoms with Crippen molar-refractivity contribution >= 4 is 11.9 Å². The summed E-state index contributed by atoms with van der Waals surface area (Å²) in [6, 6.07) is 10.6. The Morgan fingerprint density at radius 1 is 1.13 bits per heavy atom. The standard InChI is InChI=1S/C18H24N4O/c1-12(2)20-18-19-10-9-17(22-18)16-7-5-15(6-8-16)11-13(3)21-14(4)23/h5-10,12-13H,11H2,1-4H3,(H,21,23)(H,19,20,22). The van der Waals surface area contributed by atoms with Crippen molar-refractivity contribution in [2.75, 3.05) is 5.32 Å². The average molecular weight is 312 g/mol. The smallest absolute Gasteiger partial charge is 0.223 e. The molecule has 0 fully saturated rings. The average Bonchev–Trinajstić information content (AvgIpc) is 2.46. The molecular weight excluding hydrogens is 288 g/mol. The summed E-state index contributed by atoms with van der Waals surface area (Å²) in [5, 5.41) is 6.10. The number of nitrogens with one attached hydrogen (secondary N) is 2. The SMILES string of the molecule is CC(=O)NC(C)Cc1ccc(-c2ccnc(NC(C)C)n2)cc1.